The molecule has 2 aliphatic heterocycles. The van der Waals surface area contributed by atoms with Crippen molar-refractivity contribution in [1.29, 1.82) is 0 Å². The minimum Gasteiger partial charge on any atom is -0.467 e. The van der Waals surface area contributed by atoms with Crippen molar-refractivity contribution in [3.8, 4) is 5.75 Å². The summed E-state index contributed by atoms with van der Waals surface area (Å²) in [4.78, 5) is 2.40. The lowest BCUT2D eigenvalue weighted by Gasteiger charge is -2.42. The maximum Gasteiger partial charge on any atom is 0.189 e. The molecule has 2 N–H and O–H groups in total. The Bertz CT molecular complexity index is 530. The zero-order valence-electron chi connectivity index (χ0n) is 13.0. The van der Waals surface area contributed by atoms with Gasteiger partial charge in [-0.15, -0.1) is 0 Å². The molecule has 1 fully saturated rings. The molecule has 0 amide bonds. The van der Waals surface area contributed by atoms with Crippen LogP contribution in [0.25, 0.3) is 0 Å². The van der Waals surface area contributed by atoms with Crippen molar-refractivity contribution in [2.24, 2.45) is 0 Å². The van der Waals surface area contributed by atoms with Gasteiger partial charge in [-0.1, -0.05) is 0 Å². The molecule has 3 rings (SSSR count). The quantitative estimate of drug-likeness (QED) is 0.846. The predicted octanol–water partition coefficient (Wildman–Crippen LogP) is 2.13. The van der Waals surface area contributed by atoms with E-state index in [0.29, 0.717) is 13.4 Å². The predicted molar refractivity (Wildman–Crippen MR) is 81.0 cm³/mol. The Morgan fingerprint density at radius 2 is 2.19 bits per heavy atom. The zero-order chi connectivity index (χ0) is 15.0. The molecule has 0 spiro atoms. The molecule has 5 nitrogen and oxygen atoms in total. The lowest BCUT2D eigenvalue weighted by molar-refractivity contribution is -0.131. The number of nitrogens with zero attached hydrogens (tertiary/aromatic N) is 1. The zero-order valence-corrected chi connectivity index (χ0v) is 13.0. The molecule has 0 aromatic heterocycles. The van der Waals surface area contributed by atoms with Gasteiger partial charge in [0.1, 0.15) is 5.75 Å². The fraction of sp³-hybridized carbons (Fsp3) is 0.625. The summed E-state index contributed by atoms with van der Waals surface area (Å²) in [5, 5.41) is 0. The largest absolute Gasteiger partial charge is 0.467 e. The highest BCUT2D eigenvalue weighted by atomic mass is 16.7. The number of hydrogen-bond acceptors (Lipinski definition) is 5. The van der Waals surface area contributed by atoms with Crippen molar-refractivity contribution in [2.75, 3.05) is 25.6 Å². The van der Waals surface area contributed by atoms with Crippen LogP contribution in [0.15, 0.2) is 12.1 Å². The van der Waals surface area contributed by atoms with Crippen LogP contribution >= 0.6 is 0 Å². The fourth-order valence-electron chi connectivity index (χ4n) is 3.39. The van der Waals surface area contributed by atoms with Crippen LogP contribution in [0.4, 0.5) is 5.69 Å². The first-order valence-corrected chi connectivity index (χ1v) is 7.45. The van der Waals surface area contributed by atoms with Gasteiger partial charge in [0.25, 0.3) is 0 Å². The van der Waals surface area contributed by atoms with Gasteiger partial charge >= 0.3 is 0 Å². The molecule has 1 atom stereocenters. The Morgan fingerprint density at radius 1 is 1.38 bits per heavy atom. The van der Waals surface area contributed by atoms with Crippen molar-refractivity contribution in [2.45, 2.75) is 45.6 Å². The third-order valence-electron chi connectivity index (χ3n) is 3.84. The van der Waals surface area contributed by atoms with Gasteiger partial charge in [-0.2, -0.15) is 0 Å². The van der Waals surface area contributed by atoms with E-state index < -0.39 is 0 Å². The first-order valence-electron chi connectivity index (χ1n) is 7.45. The maximum absolute atomic E-state index is 6.01. The van der Waals surface area contributed by atoms with Gasteiger partial charge in [0.15, 0.2) is 6.79 Å². The van der Waals surface area contributed by atoms with Gasteiger partial charge in [-0.05, 0) is 32.9 Å². The van der Waals surface area contributed by atoms with Crippen LogP contribution in [-0.2, 0) is 22.6 Å². The van der Waals surface area contributed by atoms with Crippen molar-refractivity contribution >= 4 is 5.69 Å². The molecule has 0 saturated carbocycles. The Balaban J connectivity index is 1.83. The molecule has 0 bridgehead atoms. The molecule has 5 heteroatoms. The molecule has 1 unspecified atom stereocenters. The number of benzene rings is 1. The van der Waals surface area contributed by atoms with E-state index in [4.69, 9.17) is 19.9 Å². The van der Waals surface area contributed by atoms with Gasteiger partial charge in [0, 0.05) is 36.4 Å². The van der Waals surface area contributed by atoms with Crippen molar-refractivity contribution in [3.05, 3.63) is 23.3 Å². The molecule has 1 aromatic carbocycles. The molecular formula is C16H24N2O3. The van der Waals surface area contributed by atoms with Gasteiger partial charge in [-0.3, -0.25) is 4.90 Å². The van der Waals surface area contributed by atoms with Crippen LogP contribution in [0, 0.1) is 0 Å². The number of hydrogen-bond donors (Lipinski definition) is 1. The van der Waals surface area contributed by atoms with Crippen molar-refractivity contribution < 1.29 is 14.2 Å². The van der Waals surface area contributed by atoms with E-state index >= 15 is 0 Å². The van der Waals surface area contributed by atoms with E-state index in [1.807, 2.05) is 12.1 Å². The number of fused-ring (bicyclic) bond motifs is 1. The molecule has 116 valence electrons. The lowest BCUT2D eigenvalue weighted by atomic mass is 10.0. The summed E-state index contributed by atoms with van der Waals surface area (Å²) in [5.41, 5.74) is 8.83. The minimum atomic E-state index is -0.123. The molecule has 0 radical (unpaired) electrons. The van der Waals surface area contributed by atoms with Gasteiger partial charge in [0.05, 0.1) is 18.3 Å². The van der Waals surface area contributed by atoms with Crippen LogP contribution in [-0.4, -0.2) is 36.5 Å². The monoisotopic (exact) mass is 292 g/mol. The first-order chi connectivity index (χ1) is 9.93. The molecule has 0 aliphatic carbocycles. The SMILES string of the molecule is CC1CN(Cc2cc(N)cc3c2OCOC3)CC(C)(C)O1. The first kappa shape index (κ1) is 14.6. The van der Waals surface area contributed by atoms with Crippen molar-refractivity contribution in [1.82, 2.24) is 4.90 Å². The van der Waals surface area contributed by atoms with Crippen molar-refractivity contribution in [3.63, 3.8) is 0 Å². The summed E-state index contributed by atoms with van der Waals surface area (Å²) >= 11 is 0. The number of nitrogens with two attached hydrogens (primary N) is 1. The van der Waals surface area contributed by atoms with Gasteiger partial charge in [0.2, 0.25) is 0 Å². The highest BCUT2D eigenvalue weighted by Crippen LogP contribution is 2.32. The Labute approximate surface area is 126 Å². The summed E-state index contributed by atoms with van der Waals surface area (Å²) in [7, 11) is 0. The number of ether oxygens (including phenoxy) is 3. The second-order valence-corrected chi connectivity index (χ2v) is 6.64. The summed E-state index contributed by atoms with van der Waals surface area (Å²) < 4.78 is 17.0. The number of nitrogen functional groups attached to an aromatic ring is 1. The average Bonchev–Trinajstić information content (AvgIpc) is 2.35. The van der Waals surface area contributed by atoms with E-state index in [9.17, 15) is 0 Å². The Kier molecular flexibility index (Phi) is 3.82. The average molecular weight is 292 g/mol. The maximum atomic E-state index is 6.01. The highest BCUT2D eigenvalue weighted by Gasteiger charge is 2.32. The minimum absolute atomic E-state index is 0.123. The summed E-state index contributed by atoms with van der Waals surface area (Å²) in [5.74, 6) is 0.937. The topological polar surface area (TPSA) is 57.0 Å². The van der Waals surface area contributed by atoms with Crippen LogP contribution < -0.4 is 10.5 Å². The Morgan fingerprint density at radius 3 is 2.95 bits per heavy atom. The lowest BCUT2D eigenvalue weighted by Crippen LogP contribution is -2.51. The molecule has 21 heavy (non-hydrogen) atoms. The summed E-state index contributed by atoms with van der Waals surface area (Å²) in [6.45, 7) is 9.91. The fourth-order valence-corrected chi connectivity index (χ4v) is 3.39. The molecule has 2 aliphatic rings. The molecule has 2 heterocycles. The summed E-state index contributed by atoms with van der Waals surface area (Å²) in [6, 6.07) is 3.95. The standard InChI is InChI=1S/C16H24N2O3/c1-11-6-18(9-16(2,3)21-11)7-12-4-14(17)5-13-8-19-10-20-15(12)13/h4-5,11H,6-10,17H2,1-3H3. The smallest absolute Gasteiger partial charge is 0.189 e. The molecule has 1 aromatic rings. The number of rotatable bonds is 2. The van der Waals surface area contributed by atoms with E-state index in [1.54, 1.807) is 0 Å². The van der Waals surface area contributed by atoms with Gasteiger partial charge < -0.3 is 19.9 Å². The summed E-state index contributed by atoms with van der Waals surface area (Å²) in [6.07, 6.45) is 0.231. The van der Waals surface area contributed by atoms with E-state index in [2.05, 4.69) is 25.7 Å². The van der Waals surface area contributed by atoms with Gasteiger partial charge in [-0.25, -0.2) is 0 Å². The van der Waals surface area contributed by atoms with E-state index in [-0.39, 0.29) is 11.7 Å². The second kappa shape index (κ2) is 5.48. The third kappa shape index (κ3) is 3.31. The van der Waals surface area contributed by atoms with E-state index in [0.717, 1.165) is 42.2 Å². The van der Waals surface area contributed by atoms with E-state index in [1.165, 1.54) is 0 Å². The van der Waals surface area contributed by atoms with Crippen LogP contribution in [0.1, 0.15) is 31.9 Å². The normalized spacial score (nSPS) is 25.2. The second-order valence-electron chi connectivity index (χ2n) is 6.64. The van der Waals surface area contributed by atoms with Crippen LogP contribution in [0.2, 0.25) is 0 Å². The van der Waals surface area contributed by atoms with Crippen LogP contribution in [0.5, 0.6) is 5.75 Å². The number of anilines is 1. The number of morpholine rings is 1. The Hall–Kier alpha value is -1.30. The molecule has 1 saturated heterocycles. The molecular weight excluding hydrogens is 268 g/mol. The highest BCUT2D eigenvalue weighted by molar-refractivity contribution is 5.53. The van der Waals surface area contributed by atoms with Crippen LogP contribution in [0.3, 0.4) is 0 Å². The third-order valence-corrected chi connectivity index (χ3v) is 3.84.